The molecule has 1 atom stereocenters. The Bertz CT molecular complexity index is 124. The first-order chi connectivity index (χ1) is 5.00. The van der Waals surface area contributed by atoms with Gasteiger partial charge in [-0.25, -0.2) is 0 Å². The van der Waals surface area contributed by atoms with Crippen molar-refractivity contribution >= 4 is 29.1 Å². The van der Waals surface area contributed by atoms with Crippen LogP contribution < -0.4 is 0 Å². The molecule has 0 spiro atoms. The summed E-state index contributed by atoms with van der Waals surface area (Å²) in [5.41, 5.74) is 0. The molecule has 3 N–H and O–H groups in total. The maximum absolute atomic E-state index is 9.69. The molecule has 0 fully saturated rings. The first kappa shape index (κ1) is 14.2. The van der Waals surface area contributed by atoms with Crippen molar-refractivity contribution in [2.45, 2.75) is 0 Å². The molecule has 0 saturated heterocycles. The standard InChI is InChI=1S/C2H7O3PS.H3O3P/c3-6(4)5-1-2-7;1-4(2)3/h6-7H,1-2H2,(H,3,4);4H,(H2,1,2,3). The lowest BCUT2D eigenvalue weighted by Gasteiger charge is -1.90. The number of hydrogen-bond donors (Lipinski definition) is 4. The smallest absolute Gasteiger partial charge is 0.316 e. The molecule has 0 amide bonds. The molecule has 0 aromatic heterocycles. The van der Waals surface area contributed by atoms with Crippen molar-refractivity contribution in [3.8, 4) is 0 Å². The zero-order chi connectivity index (χ0) is 9.28. The van der Waals surface area contributed by atoms with Gasteiger partial charge in [-0.15, -0.1) is 0 Å². The normalized spacial score (nSPS) is 12.1. The first-order valence-electron chi connectivity index (χ1n) is 2.39. The van der Waals surface area contributed by atoms with Gasteiger partial charge in [-0.05, 0) is 0 Å². The van der Waals surface area contributed by atoms with Crippen LogP contribution in [-0.4, -0.2) is 27.0 Å². The summed E-state index contributed by atoms with van der Waals surface area (Å²) in [6.07, 6.45) is 0. The van der Waals surface area contributed by atoms with Crippen molar-refractivity contribution in [2.75, 3.05) is 12.4 Å². The maximum atomic E-state index is 9.69. The van der Waals surface area contributed by atoms with Crippen LogP contribution in [0.4, 0.5) is 0 Å². The van der Waals surface area contributed by atoms with Gasteiger partial charge in [0.05, 0.1) is 6.61 Å². The van der Waals surface area contributed by atoms with E-state index in [1.54, 1.807) is 0 Å². The molecule has 9 heteroatoms. The van der Waals surface area contributed by atoms with Crippen LogP contribution in [0.3, 0.4) is 0 Å². The van der Waals surface area contributed by atoms with Crippen molar-refractivity contribution in [1.29, 1.82) is 0 Å². The third-order valence-corrected chi connectivity index (χ3v) is 0.950. The zero-order valence-electron chi connectivity index (χ0n) is 5.43. The second-order valence-corrected chi connectivity index (χ2v) is 2.95. The highest BCUT2D eigenvalue weighted by molar-refractivity contribution is 7.80. The molecule has 0 aromatic rings. The van der Waals surface area contributed by atoms with E-state index in [0.717, 1.165) is 0 Å². The fourth-order valence-electron chi connectivity index (χ4n) is 0.133. The summed E-state index contributed by atoms with van der Waals surface area (Å²) in [5.74, 6) is 0.483. The highest BCUT2D eigenvalue weighted by atomic mass is 32.1. The fourth-order valence-corrected chi connectivity index (χ4v) is 0.673. The van der Waals surface area contributed by atoms with Crippen LogP contribution in [0.2, 0.25) is 0 Å². The molecule has 0 heterocycles. The monoisotopic (exact) mass is 224 g/mol. The SMILES string of the molecule is O=[PH](O)O.O=[PH](O)OCCS. The van der Waals surface area contributed by atoms with Gasteiger partial charge in [0.15, 0.2) is 0 Å². The Labute approximate surface area is 70.5 Å². The number of hydrogen-bond acceptors (Lipinski definition) is 4. The van der Waals surface area contributed by atoms with Crippen molar-refractivity contribution in [3.05, 3.63) is 0 Å². The van der Waals surface area contributed by atoms with E-state index in [-0.39, 0.29) is 6.61 Å². The summed E-state index contributed by atoms with van der Waals surface area (Å²) in [6, 6.07) is 0. The van der Waals surface area contributed by atoms with E-state index in [4.69, 9.17) is 19.2 Å². The molecule has 0 aliphatic carbocycles. The van der Waals surface area contributed by atoms with Gasteiger partial charge in [0.25, 0.3) is 0 Å². The lowest BCUT2D eigenvalue weighted by atomic mass is 10.9. The lowest BCUT2D eigenvalue weighted by Crippen LogP contribution is -1.84. The first-order valence-corrected chi connectivity index (χ1v) is 5.59. The van der Waals surface area contributed by atoms with Crippen molar-refractivity contribution < 1.29 is 28.3 Å². The Morgan fingerprint density at radius 1 is 1.27 bits per heavy atom. The third kappa shape index (κ3) is 36.9. The molecule has 70 valence electrons. The van der Waals surface area contributed by atoms with Crippen LogP contribution in [0.25, 0.3) is 0 Å². The van der Waals surface area contributed by atoms with Crippen molar-refractivity contribution in [1.82, 2.24) is 0 Å². The zero-order valence-corrected chi connectivity index (χ0v) is 8.32. The van der Waals surface area contributed by atoms with Gasteiger partial charge >= 0.3 is 16.5 Å². The van der Waals surface area contributed by atoms with E-state index in [2.05, 4.69) is 17.2 Å². The second kappa shape index (κ2) is 10.7. The largest absolute Gasteiger partial charge is 0.326 e. The summed E-state index contributed by atoms with van der Waals surface area (Å²) in [4.78, 5) is 22.3. The topological polar surface area (TPSA) is 104 Å². The number of thiol groups is 1. The van der Waals surface area contributed by atoms with Crippen LogP contribution >= 0.6 is 29.1 Å². The molecule has 0 aliphatic heterocycles. The molecule has 0 bridgehead atoms. The van der Waals surface area contributed by atoms with Gasteiger partial charge in [0.2, 0.25) is 0 Å². The minimum absolute atomic E-state index is 0.247. The van der Waals surface area contributed by atoms with E-state index < -0.39 is 16.5 Å². The van der Waals surface area contributed by atoms with E-state index in [9.17, 15) is 4.57 Å². The van der Waals surface area contributed by atoms with Crippen LogP contribution in [0.5, 0.6) is 0 Å². The third-order valence-electron chi connectivity index (χ3n) is 0.317. The van der Waals surface area contributed by atoms with Crippen LogP contribution in [0.1, 0.15) is 0 Å². The molecule has 0 aliphatic rings. The van der Waals surface area contributed by atoms with Crippen molar-refractivity contribution in [3.63, 3.8) is 0 Å². The van der Waals surface area contributed by atoms with Crippen molar-refractivity contribution in [2.24, 2.45) is 0 Å². The molecule has 0 rings (SSSR count). The Kier molecular flexibility index (Phi) is 13.7. The molecule has 11 heavy (non-hydrogen) atoms. The van der Waals surface area contributed by atoms with Crippen LogP contribution in [0.15, 0.2) is 0 Å². The Morgan fingerprint density at radius 3 is 1.73 bits per heavy atom. The fraction of sp³-hybridized carbons (Fsp3) is 1.00. The van der Waals surface area contributed by atoms with E-state index >= 15 is 0 Å². The quantitative estimate of drug-likeness (QED) is 0.386. The Morgan fingerprint density at radius 2 is 1.64 bits per heavy atom. The molecule has 0 radical (unpaired) electrons. The maximum Gasteiger partial charge on any atom is 0.316 e. The van der Waals surface area contributed by atoms with Crippen LogP contribution in [0, 0.1) is 0 Å². The summed E-state index contributed by atoms with van der Waals surface area (Å²) < 4.78 is 22.6. The minimum atomic E-state index is -3.13. The Balaban J connectivity index is 0. The summed E-state index contributed by atoms with van der Waals surface area (Å²) >= 11 is 3.74. The van der Waals surface area contributed by atoms with Gasteiger partial charge in [-0.3, -0.25) is 9.13 Å². The molecule has 0 saturated carbocycles. The second-order valence-electron chi connectivity index (χ2n) is 1.12. The predicted octanol–water partition coefficient (Wildman–Crippen LogP) is -0.325. The van der Waals surface area contributed by atoms with E-state index in [0.29, 0.717) is 5.75 Å². The molecular formula is C2H10O6P2S. The van der Waals surface area contributed by atoms with Gasteiger partial charge in [-0.1, -0.05) is 0 Å². The molecule has 1 unspecified atom stereocenters. The Hall–Kier alpha value is 0.650. The highest BCUT2D eigenvalue weighted by Crippen LogP contribution is 2.12. The minimum Gasteiger partial charge on any atom is -0.326 e. The molecular weight excluding hydrogens is 214 g/mol. The molecule has 0 aromatic carbocycles. The summed E-state index contributed by atoms with van der Waals surface area (Å²) in [5, 5.41) is 0. The average molecular weight is 224 g/mol. The summed E-state index contributed by atoms with van der Waals surface area (Å²) in [6.45, 7) is 0.247. The number of rotatable bonds is 3. The summed E-state index contributed by atoms with van der Waals surface area (Å²) in [7, 11) is -5.83. The van der Waals surface area contributed by atoms with Gasteiger partial charge < -0.3 is 19.2 Å². The average Bonchev–Trinajstić information content (AvgIpc) is 1.82. The van der Waals surface area contributed by atoms with E-state index in [1.807, 2.05) is 0 Å². The van der Waals surface area contributed by atoms with E-state index in [1.165, 1.54) is 0 Å². The lowest BCUT2D eigenvalue weighted by molar-refractivity contribution is 0.300. The van der Waals surface area contributed by atoms with Gasteiger partial charge in [0.1, 0.15) is 0 Å². The van der Waals surface area contributed by atoms with Crippen LogP contribution in [-0.2, 0) is 13.7 Å². The predicted molar refractivity (Wildman–Crippen MR) is 44.5 cm³/mol. The molecule has 6 nitrogen and oxygen atoms in total. The van der Waals surface area contributed by atoms with Gasteiger partial charge in [-0.2, -0.15) is 12.6 Å². The highest BCUT2D eigenvalue weighted by Gasteiger charge is 1.85. The van der Waals surface area contributed by atoms with Gasteiger partial charge in [0, 0.05) is 5.75 Å².